The molecule has 0 saturated carbocycles. The lowest BCUT2D eigenvalue weighted by Gasteiger charge is -2.19. The zero-order chi connectivity index (χ0) is 12.6. The molecule has 0 atom stereocenters. The van der Waals surface area contributed by atoms with E-state index in [0.29, 0.717) is 11.3 Å². The number of hydrogen-bond acceptors (Lipinski definition) is 3. The van der Waals surface area contributed by atoms with E-state index in [0.717, 1.165) is 5.39 Å². The standard InChI is InChI=1S/C13H14O4/c1-13(2,16-3)11-7-9-6-8(12(14)15)4-5-10(9)17-11/h4-7H,1-3H3,(H,14,15). The quantitative estimate of drug-likeness (QED) is 0.886. The van der Waals surface area contributed by atoms with Gasteiger partial charge < -0.3 is 14.3 Å². The Bertz CT molecular complexity index is 566. The van der Waals surface area contributed by atoms with Crippen molar-refractivity contribution in [3.8, 4) is 0 Å². The smallest absolute Gasteiger partial charge is 0.335 e. The molecule has 1 aromatic heterocycles. The average Bonchev–Trinajstić information content (AvgIpc) is 2.72. The highest BCUT2D eigenvalue weighted by Crippen LogP contribution is 2.30. The van der Waals surface area contributed by atoms with Crippen molar-refractivity contribution in [2.45, 2.75) is 19.4 Å². The Morgan fingerprint density at radius 3 is 2.65 bits per heavy atom. The Hall–Kier alpha value is -1.81. The van der Waals surface area contributed by atoms with Crippen LogP contribution in [0.1, 0.15) is 30.0 Å². The van der Waals surface area contributed by atoms with E-state index in [4.69, 9.17) is 14.3 Å². The topological polar surface area (TPSA) is 59.7 Å². The molecular weight excluding hydrogens is 220 g/mol. The second-order valence-corrected chi connectivity index (χ2v) is 4.38. The number of carboxylic acid groups (broad SMARTS) is 1. The van der Waals surface area contributed by atoms with Crippen molar-refractivity contribution < 1.29 is 19.1 Å². The Labute approximate surface area is 98.8 Å². The molecule has 4 nitrogen and oxygen atoms in total. The molecule has 0 aliphatic carbocycles. The zero-order valence-corrected chi connectivity index (χ0v) is 9.98. The van der Waals surface area contributed by atoms with Crippen LogP contribution in [0.2, 0.25) is 0 Å². The maximum absolute atomic E-state index is 10.8. The Kier molecular flexibility index (Phi) is 2.67. The predicted octanol–water partition coefficient (Wildman–Crippen LogP) is 3.01. The van der Waals surface area contributed by atoms with Crippen molar-refractivity contribution >= 4 is 16.9 Å². The fraction of sp³-hybridized carbons (Fsp3) is 0.308. The lowest BCUT2D eigenvalue weighted by atomic mass is 10.1. The van der Waals surface area contributed by atoms with Gasteiger partial charge in [0.1, 0.15) is 16.9 Å². The largest absolute Gasteiger partial charge is 0.478 e. The van der Waals surface area contributed by atoms with Gasteiger partial charge in [-0.15, -0.1) is 0 Å². The zero-order valence-electron chi connectivity index (χ0n) is 9.98. The van der Waals surface area contributed by atoms with Crippen molar-refractivity contribution in [2.75, 3.05) is 7.11 Å². The average molecular weight is 234 g/mol. The number of methoxy groups -OCH3 is 1. The van der Waals surface area contributed by atoms with Crippen molar-refractivity contribution in [3.05, 3.63) is 35.6 Å². The van der Waals surface area contributed by atoms with E-state index < -0.39 is 11.6 Å². The highest BCUT2D eigenvalue weighted by Gasteiger charge is 2.24. The van der Waals surface area contributed by atoms with E-state index in [-0.39, 0.29) is 5.56 Å². The second kappa shape index (κ2) is 3.89. The van der Waals surface area contributed by atoms with Crippen LogP contribution >= 0.6 is 0 Å². The maximum Gasteiger partial charge on any atom is 0.335 e. The van der Waals surface area contributed by atoms with E-state index in [2.05, 4.69) is 0 Å². The highest BCUT2D eigenvalue weighted by atomic mass is 16.5. The lowest BCUT2D eigenvalue weighted by molar-refractivity contribution is 0.00212. The minimum absolute atomic E-state index is 0.250. The van der Waals surface area contributed by atoms with Crippen LogP contribution in [0, 0.1) is 0 Å². The maximum atomic E-state index is 10.8. The first-order valence-electron chi connectivity index (χ1n) is 5.26. The van der Waals surface area contributed by atoms with Crippen molar-refractivity contribution in [2.24, 2.45) is 0 Å². The van der Waals surface area contributed by atoms with E-state index in [1.54, 1.807) is 19.2 Å². The number of carbonyl (C=O) groups is 1. The molecule has 2 aromatic rings. The first-order valence-corrected chi connectivity index (χ1v) is 5.26. The summed E-state index contributed by atoms with van der Waals surface area (Å²) in [5.74, 6) is -0.266. The van der Waals surface area contributed by atoms with Gasteiger partial charge in [-0.05, 0) is 38.1 Å². The third kappa shape index (κ3) is 2.03. The van der Waals surface area contributed by atoms with Gasteiger partial charge in [0.15, 0.2) is 0 Å². The predicted molar refractivity (Wildman–Crippen MR) is 63.2 cm³/mol. The van der Waals surface area contributed by atoms with Crippen molar-refractivity contribution in [1.29, 1.82) is 0 Å². The molecular formula is C13H14O4. The summed E-state index contributed by atoms with van der Waals surface area (Å²) < 4.78 is 11.0. The minimum atomic E-state index is -0.944. The molecule has 0 spiro atoms. The molecule has 0 fully saturated rings. The number of ether oxygens (including phenoxy) is 1. The van der Waals surface area contributed by atoms with Crippen molar-refractivity contribution in [1.82, 2.24) is 0 Å². The van der Waals surface area contributed by atoms with Gasteiger partial charge >= 0.3 is 5.97 Å². The number of furan rings is 1. The van der Waals surface area contributed by atoms with Gasteiger partial charge in [0.05, 0.1) is 5.56 Å². The molecule has 0 unspecified atom stereocenters. The molecule has 1 N–H and O–H groups in total. The lowest BCUT2D eigenvalue weighted by Crippen LogP contribution is -2.18. The Balaban J connectivity index is 2.54. The van der Waals surface area contributed by atoms with Gasteiger partial charge in [-0.1, -0.05) is 0 Å². The first-order chi connectivity index (χ1) is 7.94. The van der Waals surface area contributed by atoms with Gasteiger partial charge in [-0.25, -0.2) is 4.79 Å². The SMILES string of the molecule is COC(C)(C)c1cc2cc(C(=O)O)ccc2o1. The summed E-state index contributed by atoms with van der Waals surface area (Å²) in [6.07, 6.45) is 0. The number of rotatable bonds is 3. The van der Waals surface area contributed by atoms with Gasteiger partial charge in [0, 0.05) is 12.5 Å². The fourth-order valence-electron chi connectivity index (χ4n) is 1.57. The molecule has 0 radical (unpaired) electrons. The van der Waals surface area contributed by atoms with Crippen LogP contribution in [-0.4, -0.2) is 18.2 Å². The first kappa shape index (κ1) is 11.7. The number of hydrogen-bond donors (Lipinski definition) is 1. The van der Waals surface area contributed by atoms with Gasteiger partial charge in [0.2, 0.25) is 0 Å². The third-order valence-electron chi connectivity index (χ3n) is 2.87. The van der Waals surface area contributed by atoms with E-state index in [9.17, 15) is 4.79 Å². The second-order valence-electron chi connectivity index (χ2n) is 4.38. The summed E-state index contributed by atoms with van der Waals surface area (Å²) in [5.41, 5.74) is 0.387. The summed E-state index contributed by atoms with van der Waals surface area (Å²) in [6.45, 7) is 3.78. The Morgan fingerprint density at radius 2 is 2.06 bits per heavy atom. The minimum Gasteiger partial charge on any atom is -0.478 e. The van der Waals surface area contributed by atoms with Crippen LogP contribution < -0.4 is 0 Å². The summed E-state index contributed by atoms with van der Waals surface area (Å²) in [5, 5.41) is 9.67. The molecule has 0 saturated heterocycles. The van der Waals surface area contributed by atoms with Gasteiger partial charge in [-0.3, -0.25) is 0 Å². The highest BCUT2D eigenvalue weighted by molar-refractivity contribution is 5.93. The fourth-order valence-corrected chi connectivity index (χ4v) is 1.57. The molecule has 4 heteroatoms. The Morgan fingerprint density at radius 1 is 1.35 bits per heavy atom. The molecule has 0 amide bonds. The normalized spacial score (nSPS) is 11.9. The van der Waals surface area contributed by atoms with E-state index in [1.165, 1.54) is 6.07 Å². The number of benzene rings is 1. The van der Waals surface area contributed by atoms with Crippen LogP contribution in [0.15, 0.2) is 28.7 Å². The third-order valence-corrected chi connectivity index (χ3v) is 2.87. The monoisotopic (exact) mass is 234 g/mol. The molecule has 17 heavy (non-hydrogen) atoms. The molecule has 0 aliphatic heterocycles. The summed E-state index contributed by atoms with van der Waals surface area (Å²) in [6, 6.07) is 6.59. The van der Waals surface area contributed by atoms with E-state index in [1.807, 2.05) is 19.9 Å². The van der Waals surface area contributed by atoms with Crippen LogP contribution in [0.5, 0.6) is 0 Å². The van der Waals surface area contributed by atoms with Crippen molar-refractivity contribution in [3.63, 3.8) is 0 Å². The van der Waals surface area contributed by atoms with Gasteiger partial charge in [-0.2, -0.15) is 0 Å². The van der Waals surface area contributed by atoms with Gasteiger partial charge in [0.25, 0.3) is 0 Å². The number of aromatic carboxylic acids is 1. The van der Waals surface area contributed by atoms with Crippen LogP contribution in [0.25, 0.3) is 11.0 Å². The van der Waals surface area contributed by atoms with Crippen LogP contribution in [-0.2, 0) is 10.3 Å². The molecule has 90 valence electrons. The van der Waals surface area contributed by atoms with E-state index >= 15 is 0 Å². The molecule has 0 bridgehead atoms. The summed E-state index contributed by atoms with van der Waals surface area (Å²) in [4.78, 5) is 10.8. The summed E-state index contributed by atoms with van der Waals surface area (Å²) >= 11 is 0. The molecule has 0 aliphatic rings. The number of fused-ring (bicyclic) bond motifs is 1. The molecule has 2 rings (SSSR count). The summed E-state index contributed by atoms with van der Waals surface area (Å²) in [7, 11) is 1.61. The van der Waals surface area contributed by atoms with Crippen LogP contribution in [0.3, 0.4) is 0 Å². The van der Waals surface area contributed by atoms with Crippen LogP contribution in [0.4, 0.5) is 0 Å². The molecule has 1 heterocycles. The molecule has 1 aromatic carbocycles. The number of carboxylic acids is 1.